The van der Waals surface area contributed by atoms with E-state index in [-0.39, 0.29) is 0 Å². The monoisotopic (exact) mass is 648 g/mol. The molecule has 0 unspecified atom stereocenters. The topological polar surface area (TPSA) is 55.4 Å². The van der Waals surface area contributed by atoms with Crippen molar-refractivity contribution in [3.05, 3.63) is 47.5 Å². The van der Waals surface area contributed by atoms with Crippen molar-refractivity contribution in [3.8, 4) is 23.0 Å². The predicted molar refractivity (Wildman–Crippen MR) is 188 cm³/mol. The number of hydrogen-bond acceptors (Lipinski definition) is 6. The van der Waals surface area contributed by atoms with Gasteiger partial charge in [-0.15, -0.1) is 0 Å². The van der Waals surface area contributed by atoms with Crippen molar-refractivity contribution in [3.63, 3.8) is 0 Å². The standard InChI is InChI=1S/C34H60O6Si3/c1-27(2)25-37-31-19-17-29(23-33(31)35-5)15-13-21-41(7,8)39-43(11,12)40-42(9,10)22-14-16-30-18-20-32(34(24-30)36-6)38-26-28(3)4/h17-20,23-24,27-28H,13-16,21-22,25-26H2,1-12H3. The van der Waals surface area contributed by atoms with Crippen molar-refractivity contribution in [1.29, 1.82) is 0 Å². The molecule has 0 radical (unpaired) electrons. The van der Waals surface area contributed by atoms with Crippen LogP contribution in [0.4, 0.5) is 0 Å². The molecule has 9 heteroatoms. The molecule has 2 aromatic carbocycles. The Morgan fingerprint density at radius 3 is 1.26 bits per heavy atom. The van der Waals surface area contributed by atoms with E-state index in [9.17, 15) is 0 Å². The number of ether oxygens (including phenoxy) is 4. The SMILES string of the molecule is COc1cc(CCC[Si](C)(C)O[Si](C)(C)O[Si](C)(C)CCCc2ccc(OCC(C)C)c(OC)c2)ccc1OCC(C)C. The van der Waals surface area contributed by atoms with Gasteiger partial charge in [0.1, 0.15) is 0 Å². The summed E-state index contributed by atoms with van der Waals surface area (Å²) in [5, 5.41) is 0. The van der Waals surface area contributed by atoms with E-state index in [4.69, 9.17) is 27.2 Å². The van der Waals surface area contributed by atoms with Crippen LogP contribution in [-0.2, 0) is 21.1 Å². The highest BCUT2D eigenvalue weighted by Gasteiger charge is 2.39. The Morgan fingerprint density at radius 2 is 0.930 bits per heavy atom. The molecule has 0 amide bonds. The second-order valence-electron chi connectivity index (χ2n) is 14.2. The molecule has 0 spiro atoms. The summed E-state index contributed by atoms with van der Waals surface area (Å²) in [4.78, 5) is 0. The van der Waals surface area contributed by atoms with E-state index in [0.717, 1.165) is 60.8 Å². The van der Waals surface area contributed by atoms with Crippen LogP contribution in [0.15, 0.2) is 36.4 Å². The molecule has 0 saturated heterocycles. The van der Waals surface area contributed by atoms with Gasteiger partial charge in [0, 0.05) is 0 Å². The van der Waals surface area contributed by atoms with Crippen molar-refractivity contribution in [2.75, 3.05) is 27.4 Å². The first-order valence-electron chi connectivity index (χ1n) is 16.0. The van der Waals surface area contributed by atoms with Gasteiger partial charge in [-0.1, -0.05) is 39.8 Å². The van der Waals surface area contributed by atoms with E-state index in [1.807, 2.05) is 12.1 Å². The third-order valence-corrected chi connectivity index (χ3v) is 18.6. The van der Waals surface area contributed by atoms with Crippen molar-refractivity contribution in [2.24, 2.45) is 11.8 Å². The van der Waals surface area contributed by atoms with Crippen LogP contribution in [0.3, 0.4) is 0 Å². The molecule has 0 N–H and O–H groups in total. The van der Waals surface area contributed by atoms with Crippen molar-refractivity contribution in [2.45, 2.75) is 105 Å². The van der Waals surface area contributed by atoms with Crippen LogP contribution in [0.1, 0.15) is 51.7 Å². The van der Waals surface area contributed by atoms with Gasteiger partial charge in [0.15, 0.2) is 39.6 Å². The van der Waals surface area contributed by atoms with Crippen LogP contribution in [-0.4, -0.2) is 52.6 Å². The fraction of sp³-hybridized carbons (Fsp3) is 0.647. The lowest BCUT2D eigenvalue weighted by Crippen LogP contribution is -2.52. The fourth-order valence-corrected chi connectivity index (χ4v) is 19.4. The van der Waals surface area contributed by atoms with E-state index >= 15 is 0 Å². The van der Waals surface area contributed by atoms with E-state index in [0.29, 0.717) is 25.0 Å². The van der Waals surface area contributed by atoms with Crippen LogP contribution >= 0.6 is 0 Å². The van der Waals surface area contributed by atoms with Crippen LogP contribution in [0.5, 0.6) is 23.0 Å². The van der Waals surface area contributed by atoms with Gasteiger partial charge < -0.3 is 27.2 Å². The van der Waals surface area contributed by atoms with Gasteiger partial charge in [-0.2, -0.15) is 0 Å². The maximum absolute atomic E-state index is 6.88. The fourth-order valence-electron chi connectivity index (χ4n) is 5.38. The van der Waals surface area contributed by atoms with Gasteiger partial charge in [0.2, 0.25) is 0 Å². The van der Waals surface area contributed by atoms with Gasteiger partial charge >= 0.3 is 8.56 Å². The number of hydrogen-bond donors (Lipinski definition) is 0. The zero-order valence-electron chi connectivity index (χ0n) is 29.2. The van der Waals surface area contributed by atoms with Gasteiger partial charge in [-0.25, -0.2) is 0 Å². The summed E-state index contributed by atoms with van der Waals surface area (Å²) in [5.41, 5.74) is 2.55. The number of aryl methyl sites for hydroxylation is 2. The molecule has 6 nitrogen and oxygen atoms in total. The van der Waals surface area contributed by atoms with E-state index in [2.05, 4.69) is 91.2 Å². The molecule has 0 bridgehead atoms. The Kier molecular flexibility index (Phi) is 14.8. The smallest absolute Gasteiger partial charge is 0.311 e. The Balaban J connectivity index is 1.85. The molecule has 0 aliphatic heterocycles. The highest BCUT2D eigenvalue weighted by molar-refractivity contribution is 6.87. The minimum absolute atomic E-state index is 0.476. The highest BCUT2D eigenvalue weighted by atomic mass is 28.5. The molecule has 0 aromatic heterocycles. The minimum atomic E-state index is -2.26. The molecular weight excluding hydrogens is 589 g/mol. The summed E-state index contributed by atoms with van der Waals surface area (Å²) in [6.07, 6.45) is 4.17. The Hall–Kier alpha value is -1.79. The summed E-state index contributed by atoms with van der Waals surface area (Å²) in [7, 11) is -2.62. The van der Waals surface area contributed by atoms with Crippen molar-refractivity contribution < 1.29 is 27.2 Å². The molecular formula is C34H60O6Si3. The molecule has 0 aliphatic rings. The Bertz CT molecular complexity index is 1030. The quantitative estimate of drug-likeness (QED) is 0.133. The summed E-state index contributed by atoms with van der Waals surface area (Å²) in [5.74, 6) is 4.21. The van der Waals surface area contributed by atoms with Crippen LogP contribution in [0, 0.1) is 11.8 Å². The maximum atomic E-state index is 6.88. The van der Waals surface area contributed by atoms with Gasteiger partial charge in [0.05, 0.1) is 27.4 Å². The summed E-state index contributed by atoms with van der Waals surface area (Å²) in [6, 6.07) is 14.8. The van der Waals surface area contributed by atoms with E-state index in [1.54, 1.807) is 14.2 Å². The molecule has 244 valence electrons. The van der Waals surface area contributed by atoms with Crippen LogP contribution < -0.4 is 18.9 Å². The first-order chi connectivity index (χ1) is 20.0. The van der Waals surface area contributed by atoms with E-state index < -0.39 is 25.2 Å². The van der Waals surface area contributed by atoms with Crippen molar-refractivity contribution >= 4 is 25.2 Å². The molecule has 43 heavy (non-hydrogen) atoms. The Morgan fingerprint density at radius 1 is 0.558 bits per heavy atom. The lowest BCUT2D eigenvalue weighted by Gasteiger charge is -2.39. The molecule has 0 fully saturated rings. The van der Waals surface area contributed by atoms with Gasteiger partial charge in [0.25, 0.3) is 0 Å². The number of benzene rings is 2. The predicted octanol–water partition coefficient (Wildman–Crippen LogP) is 9.48. The van der Waals surface area contributed by atoms with Crippen LogP contribution in [0.25, 0.3) is 0 Å². The second-order valence-corrected chi connectivity index (χ2v) is 26.7. The van der Waals surface area contributed by atoms with Gasteiger partial charge in [-0.3, -0.25) is 0 Å². The molecule has 2 rings (SSSR count). The highest BCUT2D eigenvalue weighted by Crippen LogP contribution is 2.32. The summed E-state index contributed by atoms with van der Waals surface area (Å²) >= 11 is 0. The second kappa shape index (κ2) is 17.1. The van der Waals surface area contributed by atoms with E-state index in [1.165, 1.54) is 11.1 Å². The third-order valence-electron chi connectivity index (χ3n) is 7.13. The molecule has 0 saturated carbocycles. The average Bonchev–Trinajstić information content (AvgIpc) is 2.89. The van der Waals surface area contributed by atoms with Gasteiger partial charge in [-0.05, 0) is 124 Å². The lowest BCUT2D eigenvalue weighted by atomic mass is 10.1. The first kappa shape index (κ1) is 37.4. The number of rotatable bonds is 20. The zero-order chi connectivity index (χ0) is 32.3. The van der Waals surface area contributed by atoms with Crippen molar-refractivity contribution in [1.82, 2.24) is 0 Å². The largest absolute Gasteiger partial charge is 0.493 e. The Labute approximate surface area is 266 Å². The summed E-state index contributed by atoms with van der Waals surface area (Å²) < 4.78 is 36.8. The maximum Gasteiger partial charge on any atom is 0.311 e. The molecule has 0 heterocycles. The number of methoxy groups -OCH3 is 2. The molecule has 0 aliphatic carbocycles. The average molecular weight is 649 g/mol. The summed E-state index contributed by atoms with van der Waals surface area (Å²) in [6.45, 7) is 23.8. The molecule has 2 aromatic rings. The minimum Gasteiger partial charge on any atom is -0.493 e. The normalized spacial score (nSPS) is 12.6. The van der Waals surface area contributed by atoms with Crippen LogP contribution in [0.2, 0.25) is 51.4 Å². The molecule has 0 atom stereocenters. The zero-order valence-corrected chi connectivity index (χ0v) is 32.2. The first-order valence-corrected chi connectivity index (χ1v) is 25.1. The third kappa shape index (κ3) is 14.2. The lowest BCUT2D eigenvalue weighted by molar-refractivity contribution is 0.257.